The quantitative estimate of drug-likeness (QED) is 0.309. The zero-order chi connectivity index (χ0) is 23.1. The van der Waals surface area contributed by atoms with Gasteiger partial charge in [-0.05, 0) is 6.42 Å². The molecule has 0 aliphatic heterocycles. The molecule has 0 saturated carbocycles. The van der Waals surface area contributed by atoms with Crippen molar-refractivity contribution in [1.82, 2.24) is 0 Å². The van der Waals surface area contributed by atoms with Gasteiger partial charge in [-0.15, -0.1) is 5.56 Å². The molecular weight excluding hydrogens is 534 g/mol. The SMILES string of the molecule is CC1[C-]=CC(C(C)(C)C)=C1.C[C](=[Zr+2])c1ccccc1.[Cl-].[Cl-].[c-]1cccc2c1Cc1ccccc1-2. The van der Waals surface area contributed by atoms with Crippen LogP contribution in [0.25, 0.3) is 11.1 Å². The van der Waals surface area contributed by atoms with E-state index in [1.807, 2.05) is 12.1 Å². The first-order valence-corrected chi connectivity index (χ1v) is 12.5. The summed E-state index contributed by atoms with van der Waals surface area (Å²) >= 11 is 1.51. The summed E-state index contributed by atoms with van der Waals surface area (Å²) in [6.07, 6.45) is 8.70. The minimum Gasteiger partial charge on any atom is -1.00 e. The number of rotatable bonds is 1. The van der Waals surface area contributed by atoms with Gasteiger partial charge in [0.1, 0.15) is 0 Å². The summed E-state index contributed by atoms with van der Waals surface area (Å²) in [6, 6.07) is 28.6. The second kappa shape index (κ2) is 14.1. The topological polar surface area (TPSA) is 0 Å². The second-order valence-corrected chi connectivity index (χ2v) is 11.2. The summed E-state index contributed by atoms with van der Waals surface area (Å²) in [6.45, 7) is 11.0. The molecule has 2 aliphatic carbocycles. The first-order chi connectivity index (χ1) is 15.3. The van der Waals surface area contributed by atoms with Crippen molar-refractivity contribution >= 4 is 3.21 Å². The average molecular weight is 567 g/mol. The molecule has 1 atom stereocenters. The molecule has 5 rings (SSSR count). The Labute approximate surface area is 233 Å². The van der Waals surface area contributed by atoms with Gasteiger partial charge in [0.25, 0.3) is 0 Å². The van der Waals surface area contributed by atoms with Crippen LogP contribution in [0.5, 0.6) is 0 Å². The van der Waals surface area contributed by atoms with Crippen molar-refractivity contribution in [2.75, 3.05) is 0 Å². The predicted octanol–water partition coefficient (Wildman–Crippen LogP) is 1.81. The van der Waals surface area contributed by atoms with Crippen LogP contribution in [-0.2, 0) is 30.7 Å². The van der Waals surface area contributed by atoms with Crippen LogP contribution in [0.1, 0.15) is 51.3 Å². The molecular formula is C31H32Cl2Zr-2. The third kappa shape index (κ3) is 8.60. The molecule has 0 heterocycles. The fourth-order valence-electron chi connectivity index (χ4n) is 3.74. The Hall–Kier alpha value is -1.53. The van der Waals surface area contributed by atoms with E-state index in [0.717, 1.165) is 6.42 Å². The van der Waals surface area contributed by atoms with Gasteiger partial charge in [-0.25, -0.2) is 6.08 Å². The number of benzene rings is 3. The molecule has 0 bridgehead atoms. The molecule has 0 spiro atoms. The predicted molar refractivity (Wildman–Crippen MR) is 134 cm³/mol. The first kappa shape index (κ1) is 30.5. The van der Waals surface area contributed by atoms with Gasteiger partial charge in [0.15, 0.2) is 0 Å². The van der Waals surface area contributed by atoms with Crippen LogP contribution < -0.4 is 24.8 Å². The molecule has 0 radical (unpaired) electrons. The minimum absolute atomic E-state index is 0. The molecule has 176 valence electrons. The smallest absolute Gasteiger partial charge is 0.0253 e. The van der Waals surface area contributed by atoms with E-state index in [2.05, 4.69) is 120 Å². The van der Waals surface area contributed by atoms with Crippen LogP contribution in [0.15, 0.2) is 90.5 Å². The summed E-state index contributed by atoms with van der Waals surface area (Å²) < 4.78 is 1.46. The molecule has 3 heteroatoms. The van der Waals surface area contributed by atoms with Crippen LogP contribution in [0, 0.1) is 23.5 Å². The Morgan fingerprint density at radius 3 is 2.03 bits per heavy atom. The van der Waals surface area contributed by atoms with Crippen LogP contribution in [0.3, 0.4) is 0 Å². The van der Waals surface area contributed by atoms with E-state index in [1.54, 1.807) is 0 Å². The summed E-state index contributed by atoms with van der Waals surface area (Å²) in [4.78, 5) is 0. The van der Waals surface area contributed by atoms with Gasteiger partial charge in [0.2, 0.25) is 0 Å². The zero-order valence-electron chi connectivity index (χ0n) is 20.6. The minimum atomic E-state index is 0. The Morgan fingerprint density at radius 2 is 1.50 bits per heavy atom. The normalized spacial score (nSPS) is 14.6. The van der Waals surface area contributed by atoms with Crippen molar-refractivity contribution in [3.63, 3.8) is 0 Å². The van der Waals surface area contributed by atoms with Crippen LogP contribution in [0.4, 0.5) is 0 Å². The molecule has 0 nitrogen and oxygen atoms in total. The van der Waals surface area contributed by atoms with Gasteiger partial charge >= 0.3 is 70.3 Å². The standard InChI is InChI=1S/C13H9.C10H15.C8H8.2ClH.Zr/c1-3-7-12-10(5-1)9-11-6-2-4-8-13(11)12;1-8-5-6-9(7-8)10(2,3)4;1-2-8-6-4-3-5-7-8;;;/h1-5,7-8H,9H2;6-8H,1-4H3;3-7H,1H3;2*1H;/q2*-1;;;;+2/p-2. The van der Waals surface area contributed by atoms with Gasteiger partial charge in [-0.3, -0.25) is 6.08 Å². The van der Waals surface area contributed by atoms with Gasteiger partial charge in [0.05, 0.1) is 0 Å². The van der Waals surface area contributed by atoms with E-state index in [0.29, 0.717) is 11.3 Å². The average Bonchev–Trinajstić information content (AvgIpc) is 3.39. The molecule has 3 aromatic carbocycles. The molecule has 0 saturated heterocycles. The number of halogens is 2. The van der Waals surface area contributed by atoms with Gasteiger partial charge in [0, 0.05) is 0 Å². The van der Waals surface area contributed by atoms with E-state index < -0.39 is 0 Å². The Morgan fingerprint density at radius 1 is 0.882 bits per heavy atom. The van der Waals surface area contributed by atoms with Crippen LogP contribution >= 0.6 is 0 Å². The van der Waals surface area contributed by atoms with Gasteiger partial charge in [-0.2, -0.15) is 41.5 Å². The molecule has 1 unspecified atom stereocenters. The van der Waals surface area contributed by atoms with E-state index in [9.17, 15) is 0 Å². The van der Waals surface area contributed by atoms with Gasteiger partial charge in [-0.1, -0.05) is 74.4 Å². The number of hydrogen-bond acceptors (Lipinski definition) is 0. The summed E-state index contributed by atoms with van der Waals surface area (Å²) in [5.41, 5.74) is 8.60. The maximum atomic E-state index is 3.30. The van der Waals surface area contributed by atoms with Gasteiger partial charge < -0.3 is 24.8 Å². The molecule has 3 aromatic rings. The fourth-order valence-corrected chi connectivity index (χ4v) is 4.15. The first-order valence-electron chi connectivity index (χ1n) is 11.3. The van der Waals surface area contributed by atoms with Crippen molar-refractivity contribution in [1.29, 1.82) is 0 Å². The number of allylic oxidation sites excluding steroid dienone is 4. The Bertz CT molecular complexity index is 1080. The van der Waals surface area contributed by atoms with E-state index in [-0.39, 0.29) is 24.8 Å². The largest absolute Gasteiger partial charge is 1.00 e. The van der Waals surface area contributed by atoms with Crippen molar-refractivity contribution in [2.45, 2.75) is 41.0 Å². The van der Waals surface area contributed by atoms with E-state index >= 15 is 0 Å². The molecule has 0 N–H and O–H groups in total. The fraction of sp³-hybridized carbons (Fsp3) is 0.258. The maximum Gasteiger partial charge on any atom is -0.0253 e. The molecule has 34 heavy (non-hydrogen) atoms. The summed E-state index contributed by atoms with van der Waals surface area (Å²) in [7, 11) is 0. The summed E-state index contributed by atoms with van der Waals surface area (Å²) in [5.74, 6) is 0.522. The molecule has 2 aliphatic rings. The summed E-state index contributed by atoms with van der Waals surface area (Å²) in [5, 5.41) is 0. The third-order valence-corrected chi connectivity index (χ3v) is 6.33. The maximum absolute atomic E-state index is 3.30. The molecule has 0 amide bonds. The number of hydrogen-bond donors (Lipinski definition) is 0. The van der Waals surface area contributed by atoms with E-state index in [4.69, 9.17) is 0 Å². The second-order valence-electron chi connectivity index (χ2n) is 9.36. The van der Waals surface area contributed by atoms with Crippen molar-refractivity contribution < 1.29 is 49.0 Å². The van der Waals surface area contributed by atoms with E-state index in [1.165, 1.54) is 60.8 Å². The molecule has 0 aromatic heterocycles. The zero-order valence-corrected chi connectivity index (χ0v) is 24.6. The Kier molecular flexibility index (Phi) is 12.7. The van der Waals surface area contributed by atoms with Crippen LogP contribution in [-0.4, -0.2) is 3.21 Å². The monoisotopic (exact) mass is 564 g/mol. The Balaban J connectivity index is 0.000000253. The van der Waals surface area contributed by atoms with Crippen molar-refractivity contribution in [3.8, 4) is 11.1 Å². The van der Waals surface area contributed by atoms with Crippen molar-refractivity contribution in [3.05, 3.63) is 119 Å². The third-order valence-electron chi connectivity index (χ3n) is 5.62. The number of fused-ring (bicyclic) bond motifs is 3. The van der Waals surface area contributed by atoms with Crippen molar-refractivity contribution in [2.24, 2.45) is 11.3 Å². The molecule has 0 fully saturated rings. The van der Waals surface area contributed by atoms with Crippen LogP contribution in [0.2, 0.25) is 0 Å².